The quantitative estimate of drug-likeness (QED) is 0.115. The Balaban J connectivity index is -0.000000348. The summed E-state index contributed by atoms with van der Waals surface area (Å²) in [6.07, 6.45) is 9.83. The van der Waals surface area contributed by atoms with Crippen LogP contribution in [-0.4, -0.2) is 17.3 Å². The summed E-state index contributed by atoms with van der Waals surface area (Å²) in [6, 6.07) is 51.2. The monoisotopic (exact) mass is 891 g/mol. The molecule has 5 aromatic rings. The van der Waals surface area contributed by atoms with Crippen molar-refractivity contribution in [2.75, 3.05) is 0 Å². The lowest BCUT2D eigenvalue weighted by Gasteiger charge is -2.01. The maximum atomic E-state index is 10.9. The summed E-state index contributed by atoms with van der Waals surface area (Å²) in [5.41, 5.74) is 12.3. The zero-order valence-corrected chi connectivity index (χ0v) is 44.3. The molecule has 3 heteroatoms. The SMILES string of the molecule is C/C(=C\c1ccccc1)c1ccccc1.C/C=C(/C)C(C)=O.C/C=C(\C)C(C)=O.C/C=C(\C)c1ccccc1.C=C(C)c1ccccc1.CC.CC.CC.CC(=O)/C(C)=C/c1ccccc1. The number of Topliss-reactive ketones (excluding diaryl/α,β-unsaturated/α-hetero) is 3. The summed E-state index contributed by atoms with van der Waals surface area (Å²) in [6.45, 7) is 38.0. The first-order valence-electron chi connectivity index (χ1n) is 23.3. The van der Waals surface area contributed by atoms with Crippen molar-refractivity contribution < 1.29 is 14.4 Å². The summed E-state index contributed by atoms with van der Waals surface area (Å²) in [4.78, 5) is 31.5. The second-order valence-corrected chi connectivity index (χ2v) is 13.9. The van der Waals surface area contributed by atoms with Crippen LogP contribution in [0, 0.1) is 0 Å². The maximum absolute atomic E-state index is 10.9. The van der Waals surface area contributed by atoms with Gasteiger partial charge in [0.15, 0.2) is 17.3 Å². The molecule has 0 spiro atoms. The molecule has 0 N–H and O–H groups in total. The normalized spacial score (nSPS) is 10.4. The highest BCUT2D eigenvalue weighted by Crippen LogP contribution is 2.17. The van der Waals surface area contributed by atoms with Gasteiger partial charge < -0.3 is 0 Å². The number of rotatable bonds is 8. The number of allylic oxidation sites excluding steroid dienone is 9. The smallest absolute Gasteiger partial charge is 0.155 e. The van der Waals surface area contributed by atoms with E-state index in [1.165, 1.54) is 33.4 Å². The summed E-state index contributed by atoms with van der Waals surface area (Å²) in [5.74, 6) is 0.434. The van der Waals surface area contributed by atoms with Gasteiger partial charge >= 0.3 is 0 Å². The lowest BCUT2D eigenvalue weighted by Crippen LogP contribution is -1.90. The number of benzene rings is 5. The van der Waals surface area contributed by atoms with Crippen molar-refractivity contribution in [1.29, 1.82) is 0 Å². The van der Waals surface area contributed by atoms with Crippen LogP contribution in [0.4, 0.5) is 0 Å². The van der Waals surface area contributed by atoms with Crippen LogP contribution in [0.25, 0.3) is 28.9 Å². The first kappa shape index (κ1) is 66.2. The Hall–Kier alpha value is -6.45. The number of hydrogen-bond donors (Lipinski definition) is 0. The predicted molar refractivity (Wildman–Crippen MR) is 298 cm³/mol. The average Bonchev–Trinajstić information content (AvgIpc) is 3.37. The minimum atomic E-state index is 0.124. The zero-order valence-electron chi connectivity index (χ0n) is 44.3. The van der Waals surface area contributed by atoms with Crippen molar-refractivity contribution in [3.63, 3.8) is 0 Å². The fourth-order valence-corrected chi connectivity index (χ4v) is 4.48. The molecule has 0 fully saturated rings. The van der Waals surface area contributed by atoms with Crippen LogP contribution in [-0.2, 0) is 14.4 Å². The lowest BCUT2D eigenvalue weighted by atomic mass is 10.0. The summed E-state index contributed by atoms with van der Waals surface area (Å²) < 4.78 is 0. The van der Waals surface area contributed by atoms with Crippen molar-refractivity contribution in [2.24, 2.45) is 0 Å². The summed E-state index contributed by atoms with van der Waals surface area (Å²) in [7, 11) is 0. The van der Waals surface area contributed by atoms with Gasteiger partial charge in [0.25, 0.3) is 0 Å². The Morgan fingerprint density at radius 3 is 0.818 bits per heavy atom. The Bertz CT molecular complexity index is 2100. The average molecular weight is 891 g/mol. The molecule has 0 saturated heterocycles. The molecule has 5 rings (SSSR count). The first-order chi connectivity index (χ1) is 31.6. The van der Waals surface area contributed by atoms with E-state index in [1.807, 2.05) is 168 Å². The molecule has 3 nitrogen and oxygen atoms in total. The van der Waals surface area contributed by atoms with Crippen molar-refractivity contribution in [1.82, 2.24) is 0 Å². The van der Waals surface area contributed by atoms with Crippen LogP contribution in [0.15, 0.2) is 193 Å². The zero-order chi connectivity index (χ0) is 51.3. The third kappa shape index (κ3) is 35.9. The Morgan fingerprint density at radius 2 is 0.591 bits per heavy atom. The molecule has 0 aliphatic heterocycles. The largest absolute Gasteiger partial charge is 0.295 e. The topological polar surface area (TPSA) is 51.2 Å². The van der Waals surface area contributed by atoms with Gasteiger partial charge in [0.1, 0.15) is 0 Å². The number of ketones is 3. The van der Waals surface area contributed by atoms with Crippen molar-refractivity contribution in [3.05, 3.63) is 221 Å². The number of carbonyl (C=O) groups excluding carboxylic acids is 3. The molecular weight excluding hydrogens is 805 g/mol. The predicted octanol–water partition coefficient (Wildman–Crippen LogP) is 18.9. The second-order valence-electron chi connectivity index (χ2n) is 13.9. The molecule has 0 bridgehead atoms. The van der Waals surface area contributed by atoms with Gasteiger partial charge in [0, 0.05) is 0 Å². The van der Waals surface area contributed by atoms with E-state index in [2.05, 4.69) is 124 Å². The second kappa shape index (κ2) is 45.1. The maximum Gasteiger partial charge on any atom is 0.155 e. The van der Waals surface area contributed by atoms with Crippen molar-refractivity contribution in [3.8, 4) is 0 Å². The van der Waals surface area contributed by atoms with Crippen LogP contribution in [0.2, 0.25) is 0 Å². The third-order valence-corrected chi connectivity index (χ3v) is 9.06. The molecular formula is C63H86O3. The van der Waals surface area contributed by atoms with Gasteiger partial charge in [-0.05, 0) is 145 Å². The lowest BCUT2D eigenvalue weighted by molar-refractivity contribution is -0.114. The van der Waals surface area contributed by atoms with E-state index in [4.69, 9.17) is 0 Å². The van der Waals surface area contributed by atoms with E-state index in [0.717, 1.165) is 27.9 Å². The van der Waals surface area contributed by atoms with Gasteiger partial charge in [-0.15, -0.1) is 0 Å². The van der Waals surface area contributed by atoms with E-state index in [0.29, 0.717) is 0 Å². The molecule has 356 valence electrons. The molecule has 66 heavy (non-hydrogen) atoms. The van der Waals surface area contributed by atoms with Crippen LogP contribution in [0.1, 0.15) is 152 Å². The molecule has 0 saturated carbocycles. The van der Waals surface area contributed by atoms with Gasteiger partial charge in [-0.3, -0.25) is 14.4 Å². The molecule has 0 radical (unpaired) electrons. The fourth-order valence-electron chi connectivity index (χ4n) is 4.48. The Morgan fingerprint density at radius 1 is 0.333 bits per heavy atom. The molecule has 0 atom stereocenters. The van der Waals surface area contributed by atoms with Crippen molar-refractivity contribution >= 4 is 46.2 Å². The Labute approximate surface area is 404 Å². The standard InChI is InChI=1S/C15H14.C11H12O.C10H12.C9H10.2C6H10O.3C2H6/c1-13(15-10-6-3-7-11-15)12-14-8-4-2-5-9-14;1-9(10(2)12)8-11-6-4-3-5-7-11;1-3-9(2)10-7-5-4-6-8-10;1-8(2)9-6-4-3-5-7-9;2*1-4-5(2)6(3)7;3*1-2/h2-12H,1H3;3-8H,1-2H3;3-8H,1-2H3;3-7H,1H2,2H3;2*4H,1-3H3;3*1-2H3/b13-12+;9-8+;9-3+;;5-4+;5-4-;;;. The highest BCUT2D eigenvalue weighted by Gasteiger charge is 1.96. The molecule has 0 aliphatic carbocycles. The summed E-state index contributed by atoms with van der Waals surface area (Å²) in [5, 5.41) is 0. The van der Waals surface area contributed by atoms with E-state index in [9.17, 15) is 14.4 Å². The molecule has 0 amide bonds. The van der Waals surface area contributed by atoms with Crippen LogP contribution < -0.4 is 0 Å². The van der Waals surface area contributed by atoms with Gasteiger partial charge in [0.2, 0.25) is 0 Å². The van der Waals surface area contributed by atoms with Gasteiger partial charge in [-0.1, -0.05) is 230 Å². The molecule has 0 unspecified atom stereocenters. The fraction of sp³-hybridized carbons (Fsp3) is 0.286. The third-order valence-electron chi connectivity index (χ3n) is 9.06. The highest BCUT2D eigenvalue weighted by atomic mass is 16.1. The highest BCUT2D eigenvalue weighted by molar-refractivity contribution is 5.97. The van der Waals surface area contributed by atoms with Crippen molar-refractivity contribution in [2.45, 2.75) is 125 Å². The van der Waals surface area contributed by atoms with E-state index < -0.39 is 0 Å². The van der Waals surface area contributed by atoms with E-state index in [1.54, 1.807) is 20.8 Å². The van der Waals surface area contributed by atoms with Crippen LogP contribution in [0.5, 0.6) is 0 Å². The van der Waals surface area contributed by atoms with Crippen LogP contribution in [0.3, 0.4) is 0 Å². The number of carbonyl (C=O) groups is 3. The van der Waals surface area contributed by atoms with E-state index in [-0.39, 0.29) is 17.3 Å². The van der Waals surface area contributed by atoms with Gasteiger partial charge in [0.05, 0.1) is 0 Å². The summed E-state index contributed by atoms with van der Waals surface area (Å²) >= 11 is 0. The van der Waals surface area contributed by atoms with Crippen LogP contribution >= 0.6 is 0 Å². The molecule has 5 aromatic carbocycles. The Kier molecular flexibility index (Phi) is 45.2. The minimum Gasteiger partial charge on any atom is -0.295 e. The van der Waals surface area contributed by atoms with Gasteiger partial charge in [-0.25, -0.2) is 0 Å². The first-order valence-corrected chi connectivity index (χ1v) is 23.3. The minimum absolute atomic E-state index is 0.124. The van der Waals surface area contributed by atoms with Gasteiger partial charge in [-0.2, -0.15) is 0 Å². The number of hydrogen-bond acceptors (Lipinski definition) is 3. The molecule has 0 aliphatic rings. The van der Waals surface area contributed by atoms with E-state index >= 15 is 0 Å². The molecule has 0 aromatic heterocycles. The molecule has 0 heterocycles.